The molecule has 2 aromatic heterocycles. The average Bonchev–Trinajstić information content (AvgIpc) is 2.88. The van der Waals surface area contributed by atoms with Crippen molar-refractivity contribution in [2.75, 3.05) is 6.54 Å². The summed E-state index contributed by atoms with van der Waals surface area (Å²) < 4.78 is 1.55. The number of aromatic hydroxyl groups is 1. The molecular formula is C12H12N4O4. The molecule has 0 saturated heterocycles. The highest BCUT2D eigenvalue weighted by Crippen LogP contribution is 2.13. The van der Waals surface area contributed by atoms with Crippen LogP contribution in [-0.4, -0.2) is 43.2 Å². The molecule has 0 aliphatic rings. The molecule has 0 aliphatic carbocycles. The number of nitrogens with one attached hydrogen (secondary N) is 1. The van der Waals surface area contributed by atoms with E-state index in [1.165, 1.54) is 31.0 Å². The molecule has 104 valence electrons. The highest BCUT2D eigenvalue weighted by Gasteiger charge is 2.10. The van der Waals surface area contributed by atoms with E-state index >= 15 is 0 Å². The fourth-order valence-electron chi connectivity index (χ4n) is 1.56. The van der Waals surface area contributed by atoms with Gasteiger partial charge in [-0.2, -0.15) is 0 Å². The zero-order valence-corrected chi connectivity index (χ0v) is 10.4. The summed E-state index contributed by atoms with van der Waals surface area (Å²) >= 11 is 0. The standard InChI is InChI=1S/C12H12N4O4/c17-10-5-13-2-1-8(10)11(18)14-3-4-16-6-9(12(19)20)15-7-16/h1-2,5-7,17H,3-4H2,(H,14,18)(H,19,20). The maximum absolute atomic E-state index is 11.8. The molecule has 2 heterocycles. The van der Waals surface area contributed by atoms with Gasteiger partial charge >= 0.3 is 5.97 Å². The van der Waals surface area contributed by atoms with Gasteiger partial charge in [-0.05, 0) is 6.07 Å². The summed E-state index contributed by atoms with van der Waals surface area (Å²) in [6, 6.07) is 1.41. The van der Waals surface area contributed by atoms with Crippen LogP contribution in [0.4, 0.5) is 0 Å². The number of nitrogens with zero attached hydrogens (tertiary/aromatic N) is 3. The molecule has 1 amide bonds. The summed E-state index contributed by atoms with van der Waals surface area (Å²) in [5, 5.41) is 20.8. The number of carbonyl (C=O) groups is 2. The normalized spacial score (nSPS) is 10.2. The predicted molar refractivity (Wildman–Crippen MR) is 67.4 cm³/mol. The number of aromatic carboxylic acids is 1. The van der Waals surface area contributed by atoms with E-state index in [4.69, 9.17) is 5.11 Å². The van der Waals surface area contributed by atoms with E-state index in [0.29, 0.717) is 6.54 Å². The van der Waals surface area contributed by atoms with Crippen molar-refractivity contribution < 1.29 is 19.8 Å². The van der Waals surface area contributed by atoms with Crippen LogP contribution in [0.1, 0.15) is 20.8 Å². The molecule has 8 nitrogen and oxygen atoms in total. The fourth-order valence-corrected chi connectivity index (χ4v) is 1.56. The zero-order chi connectivity index (χ0) is 14.5. The maximum atomic E-state index is 11.8. The predicted octanol–water partition coefficient (Wildman–Crippen LogP) is 0.112. The second-order valence-electron chi connectivity index (χ2n) is 3.95. The van der Waals surface area contributed by atoms with E-state index in [-0.39, 0.29) is 23.6 Å². The second-order valence-corrected chi connectivity index (χ2v) is 3.95. The first-order valence-corrected chi connectivity index (χ1v) is 5.74. The first kappa shape index (κ1) is 13.5. The van der Waals surface area contributed by atoms with E-state index in [9.17, 15) is 14.7 Å². The number of imidazole rings is 1. The fraction of sp³-hybridized carbons (Fsp3) is 0.167. The van der Waals surface area contributed by atoms with Gasteiger partial charge in [-0.15, -0.1) is 0 Å². The molecule has 0 aliphatic heterocycles. The maximum Gasteiger partial charge on any atom is 0.356 e. The minimum atomic E-state index is -1.10. The van der Waals surface area contributed by atoms with Gasteiger partial charge in [0.15, 0.2) is 5.69 Å². The van der Waals surface area contributed by atoms with Gasteiger partial charge in [0.05, 0.1) is 18.1 Å². The van der Waals surface area contributed by atoms with Crippen LogP contribution in [0.5, 0.6) is 5.75 Å². The Morgan fingerprint density at radius 2 is 2.20 bits per heavy atom. The number of amides is 1. The third kappa shape index (κ3) is 3.10. The van der Waals surface area contributed by atoms with Gasteiger partial charge in [0, 0.05) is 25.5 Å². The third-order valence-electron chi connectivity index (χ3n) is 2.55. The highest BCUT2D eigenvalue weighted by molar-refractivity contribution is 5.96. The lowest BCUT2D eigenvalue weighted by Gasteiger charge is -2.06. The first-order valence-electron chi connectivity index (χ1n) is 5.74. The monoisotopic (exact) mass is 276 g/mol. The molecule has 3 N–H and O–H groups in total. The van der Waals surface area contributed by atoms with Gasteiger partial charge in [0.2, 0.25) is 0 Å². The van der Waals surface area contributed by atoms with Gasteiger partial charge in [0.1, 0.15) is 5.75 Å². The van der Waals surface area contributed by atoms with E-state index in [1.54, 1.807) is 4.57 Å². The zero-order valence-electron chi connectivity index (χ0n) is 10.4. The Labute approximate surface area is 113 Å². The highest BCUT2D eigenvalue weighted by atomic mass is 16.4. The van der Waals surface area contributed by atoms with Crippen LogP contribution < -0.4 is 5.32 Å². The number of carbonyl (C=O) groups excluding carboxylic acids is 1. The quantitative estimate of drug-likeness (QED) is 0.713. The molecule has 0 atom stereocenters. The van der Waals surface area contributed by atoms with Crippen LogP contribution >= 0.6 is 0 Å². The summed E-state index contributed by atoms with van der Waals surface area (Å²) in [5.41, 5.74) is 0.0833. The van der Waals surface area contributed by atoms with Gasteiger partial charge in [-0.25, -0.2) is 9.78 Å². The minimum absolute atomic E-state index is 0.0527. The number of carboxylic acid groups (broad SMARTS) is 1. The minimum Gasteiger partial charge on any atom is -0.505 e. The number of hydrogen-bond acceptors (Lipinski definition) is 5. The van der Waals surface area contributed by atoms with Crippen LogP contribution in [0.25, 0.3) is 0 Å². The van der Waals surface area contributed by atoms with Gasteiger partial charge in [-0.3, -0.25) is 9.78 Å². The summed E-state index contributed by atoms with van der Waals surface area (Å²) in [6.07, 6.45) is 5.34. The number of pyridine rings is 1. The lowest BCUT2D eigenvalue weighted by molar-refractivity contribution is 0.0690. The van der Waals surface area contributed by atoms with Crippen LogP contribution in [0.3, 0.4) is 0 Å². The van der Waals surface area contributed by atoms with Gasteiger partial charge in [-0.1, -0.05) is 0 Å². The van der Waals surface area contributed by atoms with E-state index in [2.05, 4.69) is 15.3 Å². The van der Waals surface area contributed by atoms with Gasteiger partial charge in [0.25, 0.3) is 5.91 Å². The molecule has 0 bridgehead atoms. The summed E-state index contributed by atoms with van der Waals surface area (Å²) in [5.74, 6) is -1.72. The second kappa shape index (κ2) is 5.83. The van der Waals surface area contributed by atoms with Crippen molar-refractivity contribution in [3.8, 4) is 5.75 Å². The third-order valence-corrected chi connectivity index (χ3v) is 2.55. The molecule has 0 unspecified atom stereocenters. The largest absolute Gasteiger partial charge is 0.505 e. The Balaban J connectivity index is 1.88. The van der Waals surface area contributed by atoms with Crippen LogP contribution in [-0.2, 0) is 6.54 Å². The summed E-state index contributed by atoms with van der Waals surface area (Å²) in [4.78, 5) is 29.8. The number of rotatable bonds is 5. The first-order chi connectivity index (χ1) is 9.58. The number of hydrogen-bond donors (Lipinski definition) is 3. The van der Waals surface area contributed by atoms with Crippen molar-refractivity contribution in [2.45, 2.75) is 6.54 Å². The van der Waals surface area contributed by atoms with E-state index in [1.807, 2.05) is 0 Å². The van der Waals surface area contributed by atoms with Crippen molar-refractivity contribution in [3.05, 3.63) is 42.2 Å². The molecule has 20 heavy (non-hydrogen) atoms. The van der Waals surface area contributed by atoms with Crippen molar-refractivity contribution in [1.82, 2.24) is 19.9 Å². The topological polar surface area (TPSA) is 117 Å². The Morgan fingerprint density at radius 3 is 2.85 bits per heavy atom. The van der Waals surface area contributed by atoms with Crippen LogP contribution in [0.15, 0.2) is 31.0 Å². The molecule has 2 aromatic rings. The van der Waals surface area contributed by atoms with Crippen molar-refractivity contribution >= 4 is 11.9 Å². The Morgan fingerprint density at radius 1 is 1.40 bits per heavy atom. The summed E-state index contributed by atoms with van der Waals surface area (Å²) in [6.45, 7) is 0.647. The van der Waals surface area contributed by atoms with Gasteiger partial charge < -0.3 is 20.1 Å². The number of carboxylic acids is 1. The summed E-state index contributed by atoms with van der Waals surface area (Å²) in [7, 11) is 0. The molecule has 0 aromatic carbocycles. The Kier molecular flexibility index (Phi) is 3.94. The molecule has 0 saturated carbocycles. The van der Waals surface area contributed by atoms with Crippen LogP contribution in [0, 0.1) is 0 Å². The Hall–Kier alpha value is -2.90. The molecule has 0 spiro atoms. The van der Waals surface area contributed by atoms with Crippen LogP contribution in [0.2, 0.25) is 0 Å². The van der Waals surface area contributed by atoms with E-state index in [0.717, 1.165) is 0 Å². The molecular weight excluding hydrogens is 264 g/mol. The lowest BCUT2D eigenvalue weighted by atomic mass is 10.2. The smallest absolute Gasteiger partial charge is 0.356 e. The lowest BCUT2D eigenvalue weighted by Crippen LogP contribution is -2.27. The van der Waals surface area contributed by atoms with Crippen molar-refractivity contribution in [2.24, 2.45) is 0 Å². The van der Waals surface area contributed by atoms with Crippen molar-refractivity contribution in [1.29, 1.82) is 0 Å². The van der Waals surface area contributed by atoms with E-state index < -0.39 is 11.9 Å². The molecule has 2 rings (SSSR count). The molecule has 8 heteroatoms. The average molecular weight is 276 g/mol. The van der Waals surface area contributed by atoms with Crippen molar-refractivity contribution in [3.63, 3.8) is 0 Å². The molecule has 0 radical (unpaired) electrons. The SMILES string of the molecule is O=C(O)c1cn(CCNC(=O)c2ccncc2O)cn1. The number of aromatic nitrogens is 3. The Bertz CT molecular complexity index is 638. The molecule has 0 fully saturated rings.